The van der Waals surface area contributed by atoms with Crippen molar-refractivity contribution in [2.24, 2.45) is 0 Å². The third-order valence-corrected chi connectivity index (χ3v) is 4.10. The molecule has 2 atom stereocenters. The average molecular weight is 336 g/mol. The highest BCUT2D eigenvalue weighted by molar-refractivity contribution is 6.30. The number of amides is 1. The molecule has 2 aromatic rings. The number of halogens is 1. The Labute approximate surface area is 139 Å². The number of pyridine rings is 1. The molecule has 0 aliphatic carbocycles. The van der Waals surface area contributed by atoms with E-state index in [1.54, 1.807) is 20.2 Å². The first-order valence-electron chi connectivity index (χ1n) is 7.36. The smallest absolute Gasteiger partial charge is 0.237 e. The van der Waals surface area contributed by atoms with Gasteiger partial charge < -0.3 is 20.1 Å². The van der Waals surface area contributed by atoms with Crippen LogP contribution < -0.4 is 20.1 Å². The number of ether oxygens (including phenoxy) is 2. The van der Waals surface area contributed by atoms with Crippen molar-refractivity contribution in [1.82, 2.24) is 15.6 Å². The third-order valence-electron chi connectivity index (χ3n) is 3.90. The Morgan fingerprint density at radius 1 is 1.43 bits per heavy atom. The van der Waals surface area contributed by atoms with Gasteiger partial charge in [-0.2, -0.15) is 0 Å². The topological polar surface area (TPSA) is 72.5 Å². The van der Waals surface area contributed by atoms with Crippen molar-refractivity contribution < 1.29 is 14.3 Å². The number of nitrogens with one attached hydrogen (secondary N) is 2. The van der Waals surface area contributed by atoms with Gasteiger partial charge in [0.25, 0.3) is 0 Å². The Balaban J connectivity index is 1.84. The number of carbonyl (C=O) groups excluding carboxylic acids is 1. The molecule has 1 fully saturated rings. The molecule has 7 heteroatoms. The van der Waals surface area contributed by atoms with Gasteiger partial charge in [-0.3, -0.25) is 4.79 Å². The molecule has 0 saturated carbocycles. The van der Waals surface area contributed by atoms with Crippen LogP contribution in [0.2, 0.25) is 5.15 Å². The fourth-order valence-corrected chi connectivity index (χ4v) is 2.91. The minimum Gasteiger partial charge on any atom is -0.497 e. The summed E-state index contributed by atoms with van der Waals surface area (Å²) in [5, 5.41) is 7.89. The third kappa shape index (κ3) is 3.33. The quantitative estimate of drug-likeness (QED) is 0.833. The standard InChI is InChI=1S/C16H18ClN3O3/c1-18-15(21)13-7-11(8-19-13)23-16-12-4-3-10(22-2)5-9(12)6-14(17)20-16/h3-6,11,13,19H,7-8H2,1-2H3,(H,18,21)/t11-,13+/m1/s1. The van der Waals surface area contributed by atoms with E-state index in [2.05, 4.69) is 15.6 Å². The maximum absolute atomic E-state index is 11.7. The van der Waals surface area contributed by atoms with Gasteiger partial charge in [0.05, 0.1) is 13.2 Å². The van der Waals surface area contributed by atoms with Gasteiger partial charge >= 0.3 is 0 Å². The number of aromatic nitrogens is 1. The molecule has 3 rings (SSSR count). The van der Waals surface area contributed by atoms with Gasteiger partial charge in [-0.1, -0.05) is 11.6 Å². The number of carbonyl (C=O) groups is 1. The molecule has 1 aliphatic rings. The Hall–Kier alpha value is -2.05. The largest absolute Gasteiger partial charge is 0.497 e. The van der Waals surface area contributed by atoms with Gasteiger partial charge in [-0.05, 0) is 29.7 Å². The van der Waals surface area contributed by atoms with Crippen LogP contribution in [-0.4, -0.2) is 43.7 Å². The van der Waals surface area contributed by atoms with Crippen LogP contribution in [0, 0.1) is 0 Å². The van der Waals surface area contributed by atoms with Crippen molar-refractivity contribution in [3.05, 3.63) is 29.4 Å². The van der Waals surface area contributed by atoms with Crippen LogP contribution in [0.4, 0.5) is 0 Å². The minimum absolute atomic E-state index is 0.0373. The minimum atomic E-state index is -0.240. The van der Waals surface area contributed by atoms with Crippen molar-refractivity contribution >= 4 is 28.3 Å². The van der Waals surface area contributed by atoms with E-state index in [4.69, 9.17) is 21.1 Å². The number of methoxy groups -OCH3 is 1. The highest BCUT2D eigenvalue weighted by atomic mass is 35.5. The summed E-state index contributed by atoms with van der Waals surface area (Å²) in [4.78, 5) is 16.0. The molecule has 6 nitrogen and oxygen atoms in total. The second-order valence-electron chi connectivity index (χ2n) is 5.39. The lowest BCUT2D eigenvalue weighted by Crippen LogP contribution is -2.38. The van der Waals surface area contributed by atoms with Crippen molar-refractivity contribution in [2.75, 3.05) is 20.7 Å². The summed E-state index contributed by atoms with van der Waals surface area (Å²) < 4.78 is 11.2. The maximum atomic E-state index is 11.7. The zero-order valence-electron chi connectivity index (χ0n) is 12.9. The highest BCUT2D eigenvalue weighted by Gasteiger charge is 2.30. The number of hydrogen-bond donors (Lipinski definition) is 2. The summed E-state index contributed by atoms with van der Waals surface area (Å²) in [6, 6.07) is 7.16. The van der Waals surface area contributed by atoms with E-state index in [0.717, 1.165) is 16.5 Å². The zero-order chi connectivity index (χ0) is 16.4. The maximum Gasteiger partial charge on any atom is 0.237 e. The van der Waals surface area contributed by atoms with Gasteiger partial charge in [-0.25, -0.2) is 4.98 Å². The van der Waals surface area contributed by atoms with E-state index < -0.39 is 0 Å². The van der Waals surface area contributed by atoms with Crippen molar-refractivity contribution in [1.29, 1.82) is 0 Å². The van der Waals surface area contributed by atoms with Crippen LogP contribution in [-0.2, 0) is 4.79 Å². The van der Waals surface area contributed by atoms with Crippen LogP contribution in [0.25, 0.3) is 10.8 Å². The van der Waals surface area contributed by atoms with Crippen LogP contribution in [0.1, 0.15) is 6.42 Å². The van der Waals surface area contributed by atoms with Crippen LogP contribution in [0.5, 0.6) is 11.6 Å². The number of rotatable bonds is 4. The van der Waals surface area contributed by atoms with Gasteiger partial charge in [0.2, 0.25) is 11.8 Å². The second-order valence-corrected chi connectivity index (χ2v) is 5.78. The van der Waals surface area contributed by atoms with E-state index in [1.165, 1.54) is 0 Å². The molecular formula is C16H18ClN3O3. The Kier molecular flexibility index (Phi) is 4.54. The first-order chi connectivity index (χ1) is 11.1. The van der Waals surface area contributed by atoms with E-state index >= 15 is 0 Å². The summed E-state index contributed by atoms with van der Waals surface area (Å²) in [6.07, 6.45) is 0.458. The molecule has 1 saturated heterocycles. The number of benzene rings is 1. The Morgan fingerprint density at radius 2 is 2.26 bits per heavy atom. The summed E-state index contributed by atoms with van der Waals surface area (Å²) in [6.45, 7) is 0.587. The van der Waals surface area contributed by atoms with E-state index in [0.29, 0.717) is 24.0 Å². The van der Waals surface area contributed by atoms with E-state index in [-0.39, 0.29) is 18.1 Å². The van der Waals surface area contributed by atoms with Crippen molar-refractivity contribution in [3.63, 3.8) is 0 Å². The second kappa shape index (κ2) is 6.60. The molecule has 2 heterocycles. The fraction of sp³-hybridized carbons (Fsp3) is 0.375. The Bertz CT molecular complexity index is 738. The monoisotopic (exact) mass is 335 g/mol. The van der Waals surface area contributed by atoms with Gasteiger partial charge in [-0.15, -0.1) is 0 Å². The predicted octanol–water partition coefficient (Wildman–Crippen LogP) is 1.75. The Morgan fingerprint density at radius 3 is 3.00 bits per heavy atom. The number of likely N-dealkylation sites (N-methyl/N-ethyl adjacent to an activating group) is 1. The normalized spacial score (nSPS) is 20.5. The lowest BCUT2D eigenvalue weighted by atomic mass is 10.1. The molecule has 1 aromatic carbocycles. The van der Waals surface area contributed by atoms with Crippen molar-refractivity contribution in [2.45, 2.75) is 18.6 Å². The van der Waals surface area contributed by atoms with E-state index in [9.17, 15) is 4.79 Å². The summed E-state index contributed by atoms with van der Waals surface area (Å²) in [7, 11) is 3.24. The fourth-order valence-electron chi connectivity index (χ4n) is 2.71. The molecule has 1 amide bonds. The molecule has 2 N–H and O–H groups in total. The number of fused-ring (bicyclic) bond motifs is 1. The molecule has 1 aromatic heterocycles. The zero-order valence-corrected chi connectivity index (χ0v) is 13.7. The molecule has 1 aliphatic heterocycles. The highest BCUT2D eigenvalue weighted by Crippen LogP contribution is 2.31. The van der Waals surface area contributed by atoms with Crippen molar-refractivity contribution in [3.8, 4) is 11.6 Å². The molecule has 0 spiro atoms. The SMILES string of the molecule is CNC(=O)[C@@H]1C[C@@H](Oc2nc(Cl)cc3cc(OC)ccc23)CN1. The summed E-state index contributed by atoms with van der Waals surface area (Å²) in [5.41, 5.74) is 0. The lowest BCUT2D eigenvalue weighted by Gasteiger charge is -2.14. The number of nitrogens with zero attached hydrogens (tertiary/aromatic N) is 1. The first-order valence-corrected chi connectivity index (χ1v) is 7.74. The average Bonchev–Trinajstić information content (AvgIpc) is 3.01. The molecule has 0 unspecified atom stereocenters. The van der Waals surface area contributed by atoms with Crippen LogP contribution >= 0.6 is 11.6 Å². The first kappa shape index (κ1) is 15.8. The summed E-state index contributed by atoms with van der Waals surface area (Å²) in [5.74, 6) is 1.18. The van der Waals surface area contributed by atoms with Crippen LogP contribution in [0.15, 0.2) is 24.3 Å². The van der Waals surface area contributed by atoms with Gasteiger partial charge in [0.1, 0.15) is 17.0 Å². The lowest BCUT2D eigenvalue weighted by molar-refractivity contribution is -0.122. The van der Waals surface area contributed by atoms with E-state index in [1.807, 2.05) is 18.2 Å². The van der Waals surface area contributed by atoms with Crippen LogP contribution in [0.3, 0.4) is 0 Å². The molecule has 23 heavy (non-hydrogen) atoms. The molecule has 0 radical (unpaired) electrons. The molecular weight excluding hydrogens is 318 g/mol. The summed E-state index contributed by atoms with van der Waals surface area (Å²) >= 11 is 6.09. The van der Waals surface area contributed by atoms with Gasteiger partial charge in [0.15, 0.2) is 0 Å². The number of hydrogen-bond acceptors (Lipinski definition) is 5. The molecule has 0 bridgehead atoms. The van der Waals surface area contributed by atoms with Gasteiger partial charge in [0, 0.05) is 25.4 Å². The molecule has 122 valence electrons. The predicted molar refractivity (Wildman–Crippen MR) is 88.2 cm³/mol.